The third-order valence-corrected chi connectivity index (χ3v) is 4.24. The van der Waals surface area contributed by atoms with Crippen LogP contribution in [0.15, 0.2) is 60.9 Å². The van der Waals surface area contributed by atoms with Crippen LogP contribution in [0.4, 0.5) is 4.39 Å². The van der Waals surface area contributed by atoms with Gasteiger partial charge in [-0.2, -0.15) is 0 Å². The molecule has 0 fully saturated rings. The lowest BCUT2D eigenvalue weighted by Crippen LogP contribution is -2.14. The van der Waals surface area contributed by atoms with Crippen molar-refractivity contribution < 1.29 is 19.0 Å². The molecule has 0 aliphatic heterocycles. The van der Waals surface area contributed by atoms with Gasteiger partial charge in [0.25, 0.3) is 0 Å². The van der Waals surface area contributed by atoms with Crippen molar-refractivity contribution in [3.05, 3.63) is 66.5 Å². The molecule has 0 saturated heterocycles. The second kappa shape index (κ2) is 9.08. The largest absolute Gasteiger partial charge is 0.507 e. The highest BCUT2D eigenvalue weighted by molar-refractivity contribution is 5.90. The Morgan fingerprint density at radius 2 is 1.75 bits per heavy atom. The average molecular weight is 380 g/mol. The van der Waals surface area contributed by atoms with E-state index < -0.39 is 12.1 Å². The lowest BCUT2D eigenvalue weighted by Gasteiger charge is -2.09. The van der Waals surface area contributed by atoms with Crippen LogP contribution in [0.5, 0.6) is 5.75 Å². The first-order valence-corrected chi connectivity index (χ1v) is 9.10. The van der Waals surface area contributed by atoms with Crippen LogP contribution in [-0.2, 0) is 4.74 Å². The number of benzene rings is 2. The maximum atomic E-state index is 13.4. The fraction of sp³-hybridized carbons (Fsp3) is 0.227. The molecule has 0 amide bonds. The van der Waals surface area contributed by atoms with Crippen molar-refractivity contribution in [3.63, 3.8) is 0 Å². The molecule has 28 heavy (non-hydrogen) atoms. The molecule has 0 aliphatic carbocycles. The summed E-state index contributed by atoms with van der Waals surface area (Å²) >= 11 is 0. The average Bonchev–Trinajstić information content (AvgIpc) is 2.73. The Labute approximate surface area is 162 Å². The lowest BCUT2D eigenvalue weighted by molar-refractivity contribution is 0.0391. The molecule has 2 aromatic carbocycles. The molecular weight excluding hydrogens is 359 g/mol. The topological polar surface area (TPSA) is 72.3 Å². The van der Waals surface area contributed by atoms with Gasteiger partial charge in [0, 0.05) is 29.1 Å². The summed E-state index contributed by atoms with van der Waals surface area (Å²) in [6.07, 6.45) is 3.21. The van der Waals surface area contributed by atoms with Crippen molar-refractivity contribution in [1.82, 2.24) is 9.97 Å². The molecule has 1 aromatic heterocycles. The molecular formula is C22H21FN2O3. The number of carbonyl (C=O) groups excluding carboxylic acids is 1. The quantitative estimate of drug-likeness (QED) is 0.596. The van der Waals surface area contributed by atoms with E-state index in [-0.39, 0.29) is 12.4 Å². The van der Waals surface area contributed by atoms with Crippen LogP contribution in [0.3, 0.4) is 0 Å². The highest BCUT2D eigenvalue weighted by Gasteiger charge is 2.12. The van der Waals surface area contributed by atoms with E-state index in [0.717, 1.165) is 5.56 Å². The summed E-state index contributed by atoms with van der Waals surface area (Å²) in [4.78, 5) is 20.7. The number of hydrogen-bond acceptors (Lipinski definition) is 5. The van der Waals surface area contributed by atoms with Crippen LogP contribution in [0, 0.1) is 0 Å². The van der Waals surface area contributed by atoms with Crippen LogP contribution in [-0.4, -0.2) is 33.8 Å². The molecule has 3 rings (SSSR count). The maximum absolute atomic E-state index is 13.4. The van der Waals surface area contributed by atoms with Gasteiger partial charge < -0.3 is 9.84 Å². The molecule has 1 unspecified atom stereocenters. The number of alkyl halides is 1. The Bertz CT molecular complexity index is 927. The van der Waals surface area contributed by atoms with E-state index in [1.807, 2.05) is 13.0 Å². The molecule has 0 saturated carbocycles. The standard InChI is InChI=1S/C22H21FN2O3/c1-2-5-18(23)14-28-22(27)16-10-8-15(9-11-16)21-24-12-17(13-25-21)19-6-3-4-7-20(19)26/h3-4,6-13,18,26H,2,5,14H2,1H3. The van der Waals surface area contributed by atoms with Gasteiger partial charge in [-0.3, -0.25) is 0 Å². The summed E-state index contributed by atoms with van der Waals surface area (Å²) in [5.41, 5.74) is 2.43. The van der Waals surface area contributed by atoms with Gasteiger partial charge in [-0.15, -0.1) is 0 Å². The van der Waals surface area contributed by atoms with Crippen LogP contribution in [0.2, 0.25) is 0 Å². The summed E-state index contributed by atoms with van der Waals surface area (Å²) in [5.74, 6) is 0.100. The van der Waals surface area contributed by atoms with Gasteiger partial charge >= 0.3 is 5.97 Å². The predicted molar refractivity (Wildman–Crippen MR) is 105 cm³/mol. The number of esters is 1. The molecule has 3 aromatic rings. The molecule has 0 spiro atoms. The van der Waals surface area contributed by atoms with E-state index in [9.17, 15) is 14.3 Å². The number of para-hydroxylation sites is 1. The third-order valence-electron chi connectivity index (χ3n) is 4.24. The third kappa shape index (κ3) is 4.71. The zero-order chi connectivity index (χ0) is 19.9. The van der Waals surface area contributed by atoms with Gasteiger partial charge in [-0.05, 0) is 24.6 Å². The zero-order valence-electron chi connectivity index (χ0n) is 15.5. The van der Waals surface area contributed by atoms with E-state index in [1.54, 1.807) is 54.9 Å². The minimum atomic E-state index is -1.14. The number of phenolic OH excluding ortho intramolecular Hbond substituents is 1. The Hall–Kier alpha value is -3.28. The number of aromatic hydroxyl groups is 1. The van der Waals surface area contributed by atoms with Crippen LogP contribution in [0.1, 0.15) is 30.1 Å². The van der Waals surface area contributed by atoms with Crippen molar-refractivity contribution in [2.75, 3.05) is 6.61 Å². The van der Waals surface area contributed by atoms with Crippen molar-refractivity contribution in [1.29, 1.82) is 0 Å². The first-order valence-electron chi connectivity index (χ1n) is 9.10. The van der Waals surface area contributed by atoms with Gasteiger partial charge in [0.1, 0.15) is 18.5 Å². The fourth-order valence-corrected chi connectivity index (χ4v) is 2.74. The molecule has 0 bridgehead atoms. The number of hydrogen-bond donors (Lipinski definition) is 1. The second-order valence-electron chi connectivity index (χ2n) is 6.37. The molecule has 0 radical (unpaired) electrons. The van der Waals surface area contributed by atoms with Gasteiger partial charge in [0.05, 0.1) is 5.56 Å². The van der Waals surface area contributed by atoms with Crippen LogP contribution in [0.25, 0.3) is 22.5 Å². The Kier molecular flexibility index (Phi) is 6.32. The number of carbonyl (C=O) groups is 1. The van der Waals surface area contributed by atoms with Crippen molar-refractivity contribution >= 4 is 5.97 Å². The molecule has 0 aliphatic rings. The smallest absolute Gasteiger partial charge is 0.338 e. The normalized spacial score (nSPS) is 11.8. The minimum absolute atomic E-state index is 0.163. The Balaban J connectivity index is 1.68. The number of nitrogens with zero attached hydrogens (tertiary/aromatic N) is 2. The van der Waals surface area contributed by atoms with Crippen LogP contribution >= 0.6 is 0 Å². The summed E-state index contributed by atoms with van der Waals surface area (Å²) in [6.45, 7) is 1.65. The van der Waals surface area contributed by atoms with E-state index in [1.165, 1.54) is 0 Å². The number of ether oxygens (including phenoxy) is 1. The fourth-order valence-electron chi connectivity index (χ4n) is 2.74. The second-order valence-corrected chi connectivity index (χ2v) is 6.37. The first kappa shape index (κ1) is 19.5. The monoisotopic (exact) mass is 380 g/mol. The lowest BCUT2D eigenvalue weighted by atomic mass is 10.1. The molecule has 1 heterocycles. The number of aromatic nitrogens is 2. The molecule has 1 N–H and O–H groups in total. The molecule has 5 nitrogen and oxygen atoms in total. The molecule has 1 atom stereocenters. The van der Waals surface area contributed by atoms with Crippen molar-refractivity contribution in [2.45, 2.75) is 25.9 Å². The van der Waals surface area contributed by atoms with Crippen molar-refractivity contribution in [2.24, 2.45) is 0 Å². The van der Waals surface area contributed by atoms with Gasteiger partial charge in [0.15, 0.2) is 5.82 Å². The van der Waals surface area contributed by atoms with Crippen molar-refractivity contribution in [3.8, 4) is 28.3 Å². The molecule has 6 heteroatoms. The first-order chi connectivity index (χ1) is 13.6. The van der Waals surface area contributed by atoms with Crippen LogP contribution < -0.4 is 0 Å². The highest BCUT2D eigenvalue weighted by Crippen LogP contribution is 2.28. The maximum Gasteiger partial charge on any atom is 0.338 e. The molecule has 144 valence electrons. The Morgan fingerprint density at radius 1 is 1.07 bits per heavy atom. The van der Waals surface area contributed by atoms with E-state index >= 15 is 0 Å². The van der Waals surface area contributed by atoms with Gasteiger partial charge in [0.2, 0.25) is 0 Å². The zero-order valence-corrected chi connectivity index (χ0v) is 15.5. The summed E-state index contributed by atoms with van der Waals surface area (Å²) in [6, 6.07) is 13.6. The number of halogens is 1. The predicted octanol–water partition coefficient (Wildman–Crippen LogP) is 4.81. The number of rotatable bonds is 7. The van der Waals surface area contributed by atoms with E-state index in [2.05, 4.69) is 9.97 Å². The summed E-state index contributed by atoms with van der Waals surface area (Å²) in [7, 11) is 0. The van der Waals surface area contributed by atoms with E-state index in [0.29, 0.717) is 35.4 Å². The summed E-state index contributed by atoms with van der Waals surface area (Å²) < 4.78 is 18.4. The minimum Gasteiger partial charge on any atom is -0.507 e. The Morgan fingerprint density at radius 3 is 2.39 bits per heavy atom. The van der Waals surface area contributed by atoms with Gasteiger partial charge in [-0.1, -0.05) is 43.7 Å². The number of phenols is 1. The summed E-state index contributed by atoms with van der Waals surface area (Å²) in [5, 5.41) is 9.92. The highest BCUT2D eigenvalue weighted by atomic mass is 19.1. The SMILES string of the molecule is CCCC(F)COC(=O)c1ccc(-c2ncc(-c3ccccc3O)cn2)cc1. The van der Waals surface area contributed by atoms with E-state index in [4.69, 9.17) is 4.74 Å². The van der Waals surface area contributed by atoms with Gasteiger partial charge in [-0.25, -0.2) is 19.2 Å².